The molecular formula is C15H23N3O2S. The van der Waals surface area contributed by atoms with Gasteiger partial charge in [-0.15, -0.1) is 11.8 Å². The lowest BCUT2D eigenvalue weighted by atomic mass is 10.2. The van der Waals surface area contributed by atoms with Crippen LogP contribution < -0.4 is 15.8 Å². The van der Waals surface area contributed by atoms with Gasteiger partial charge in [0.25, 0.3) is 5.91 Å². The summed E-state index contributed by atoms with van der Waals surface area (Å²) in [6.07, 6.45) is 0. The first-order valence-electron chi connectivity index (χ1n) is 6.69. The first kappa shape index (κ1) is 17.4. The Labute approximate surface area is 130 Å². The Balaban J connectivity index is 2.50. The van der Waals surface area contributed by atoms with E-state index >= 15 is 0 Å². The summed E-state index contributed by atoms with van der Waals surface area (Å²) in [4.78, 5) is 25.5. The Hall–Kier alpha value is -1.69. The van der Waals surface area contributed by atoms with Crippen molar-refractivity contribution in [3.8, 4) is 0 Å². The highest BCUT2D eigenvalue weighted by molar-refractivity contribution is 8.01. The molecule has 2 N–H and O–H groups in total. The maximum absolute atomic E-state index is 12.0. The molecule has 0 bridgehead atoms. The molecule has 1 aromatic carbocycles. The van der Waals surface area contributed by atoms with Crippen LogP contribution in [0.4, 0.5) is 5.69 Å². The first-order valence-corrected chi connectivity index (χ1v) is 7.68. The first-order chi connectivity index (χ1) is 9.69. The maximum atomic E-state index is 12.0. The van der Waals surface area contributed by atoms with E-state index in [1.54, 1.807) is 12.1 Å². The van der Waals surface area contributed by atoms with E-state index in [0.717, 1.165) is 5.69 Å². The summed E-state index contributed by atoms with van der Waals surface area (Å²) in [5.74, 6) is -0.235. The van der Waals surface area contributed by atoms with Gasteiger partial charge in [-0.1, -0.05) is 26.8 Å². The minimum Gasteiger partial charge on any atom is -0.378 e. The number of hydrogen-bond donors (Lipinski definition) is 2. The van der Waals surface area contributed by atoms with Gasteiger partial charge in [-0.05, 0) is 18.2 Å². The zero-order valence-corrected chi connectivity index (χ0v) is 14.0. The van der Waals surface area contributed by atoms with E-state index < -0.39 is 0 Å². The van der Waals surface area contributed by atoms with E-state index in [1.165, 1.54) is 11.8 Å². The predicted molar refractivity (Wildman–Crippen MR) is 88.6 cm³/mol. The van der Waals surface area contributed by atoms with Crippen molar-refractivity contribution < 1.29 is 9.59 Å². The van der Waals surface area contributed by atoms with Crippen LogP contribution in [0.25, 0.3) is 0 Å². The quantitative estimate of drug-likeness (QED) is 0.836. The highest BCUT2D eigenvalue weighted by atomic mass is 32.2. The Kier molecular flexibility index (Phi) is 6.08. The number of benzene rings is 1. The average molecular weight is 309 g/mol. The Morgan fingerprint density at radius 3 is 2.43 bits per heavy atom. The van der Waals surface area contributed by atoms with Gasteiger partial charge in [0.2, 0.25) is 5.91 Å². The average Bonchev–Trinajstić information content (AvgIpc) is 2.41. The van der Waals surface area contributed by atoms with Crippen LogP contribution >= 0.6 is 11.8 Å². The summed E-state index contributed by atoms with van der Waals surface area (Å²) in [7, 11) is 3.81. The van der Waals surface area contributed by atoms with Crippen LogP contribution in [0.1, 0.15) is 31.1 Å². The molecule has 0 fully saturated rings. The molecule has 0 aliphatic carbocycles. The molecule has 0 aromatic heterocycles. The molecule has 0 saturated heterocycles. The molecule has 21 heavy (non-hydrogen) atoms. The largest absolute Gasteiger partial charge is 0.378 e. The summed E-state index contributed by atoms with van der Waals surface area (Å²) < 4.78 is 0.0153. The second-order valence-electron chi connectivity index (χ2n) is 5.85. The molecular weight excluding hydrogens is 286 g/mol. The second kappa shape index (κ2) is 7.36. The van der Waals surface area contributed by atoms with Gasteiger partial charge in [0, 0.05) is 30.1 Å². The second-order valence-corrected chi connectivity index (χ2v) is 7.65. The minimum absolute atomic E-state index is 0.0153. The van der Waals surface area contributed by atoms with Crippen LogP contribution in [0.15, 0.2) is 24.3 Å². The highest BCUT2D eigenvalue weighted by Gasteiger charge is 2.14. The number of rotatable bonds is 4. The zero-order chi connectivity index (χ0) is 16.0. The van der Waals surface area contributed by atoms with E-state index in [9.17, 15) is 9.59 Å². The summed E-state index contributed by atoms with van der Waals surface area (Å²) in [5, 5.41) is 0. The number of carbonyl (C=O) groups excluding carboxylic acids is 2. The molecule has 0 aliphatic heterocycles. The fourth-order valence-corrected chi connectivity index (χ4v) is 2.08. The topological polar surface area (TPSA) is 61.4 Å². The molecule has 0 unspecified atom stereocenters. The third kappa shape index (κ3) is 6.53. The van der Waals surface area contributed by atoms with Crippen molar-refractivity contribution in [3.63, 3.8) is 0 Å². The number of anilines is 1. The molecule has 116 valence electrons. The lowest BCUT2D eigenvalue weighted by Crippen LogP contribution is -2.42. The van der Waals surface area contributed by atoms with E-state index in [4.69, 9.17) is 0 Å². The lowest BCUT2D eigenvalue weighted by molar-refractivity contribution is -0.119. The molecule has 2 amide bonds. The summed E-state index contributed by atoms with van der Waals surface area (Å²) >= 11 is 1.53. The molecule has 6 heteroatoms. The molecule has 0 heterocycles. The van der Waals surface area contributed by atoms with Gasteiger partial charge >= 0.3 is 0 Å². The summed E-state index contributed by atoms with van der Waals surface area (Å²) in [6.45, 7) is 6.11. The van der Waals surface area contributed by atoms with Gasteiger partial charge in [0.1, 0.15) is 0 Å². The van der Waals surface area contributed by atoms with Crippen LogP contribution in [-0.4, -0.2) is 36.4 Å². The van der Waals surface area contributed by atoms with E-state index in [1.807, 2.05) is 51.9 Å². The van der Waals surface area contributed by atoms with Crippen molar-refractivity contribution >= 4 is 29.3 Å². The van der Waals surface area contributed by atoms with Crippen LogP contribution in [0.5, 0.6) is 0 Å². The molecule has 0 saturated carbocycles. The third-order valence-corrected chi connectivity index (χ3v) is 3.85. The zero-order valence-electron chi connectivity index (χ0n) is 13.2. The van der Waals surface area contributed by atoms with Gasteiger partial charge in [0.15, 0.2) is 0 Å². The molecule has 5 nitrogen and oxygen atoms in total. The maximum Gasteiger partial charge on any atom is 0.269 e. The van der Waals surface area contributed by atoms with Crippen LogP contribution in [0.2, 0.25) is 0 Å². The van der Waals surface area contributed by atoms with Crippen LogP contribution in [0.3, 0.4) is 0 Å². The van der Waals surface area contributed by atoms with Gasteiger partial charge in [0.05, 0.1) is 5.75 Å². The lowest BCUT2D eigenvalue weighted by Gasteiger charge is -2.17. The van der Waals surface area contributed by atoms with Gasteiger partial charge in [-0.3, -0.25) is 20.4 Å². The van der Waals surface area contributed by atoms with Gasteiger partial charge in [-0.2, -0.15) is 0 Å². The summed E-state index contributed by atoms with van der Waals surface area (Å²) in [6, 6.07) is 7.20. The number of nitrogens with one attached hydrogen (secondary N) is 2. The van der Waals surface area contributed by atoms with Crippen molar-refractivity contribution in [2.45, 2.75) is 25.5 Å². The van der Waals surface area contributed by atoms with Crippen molar-refractivity contribution in [1.82, 2.24) is 10.9 Å². The van der Waals surface area contributed by atoms with E-state index in [2.05, 4.69) is 10.9 Å². The minimum atomic E-state index is -0.326. The van der Waals surface area contributed by atoms with Crippen LogP contribution in [-0.2, 0) is 4.79 Å². The number of hydrazine groups is 1. The van der Waals surface area contributed by atoms with Crippen molar-refractivity contribution in [3.05, 3.63) is 29.8 Å². The molecule has 0 atom stereocenters. The van der Waals surface area contributed by atoms with Crippen molar-refractivity contribution in [2.75, 3.05) is 24.7 Å². The number of thioether (sulfide) groups is 1. The fraction of sp³-hybridized carbons (Fsp3) is 0.467. The highest BCUT2D eigenvalue weighted by Crippen LogP contribution is 2.22. The SMILES string of the molecule is CN(C)c1cccc(C(=O)NNC(=O)CSC(C)(C)C)c1. The Morgan fingerprint density at radius 1 is 1.19 bits per heavy atom. The number of carbonyl (C=O) groups is 2. The molecule has 0 radical (unpaired) electrons. The normalized spacial score (nSPS) is 10.9. The molecule has 1 rings (SSSR count). The van der Waals surface area contributed by atoms with Crippen LogP contribution in [0, 0.1) is 0 Å². The number of amides is 2. The Morgan fingerprint density at radius 2 is 1.86 bits per heavy atom. The number of hydrogen-bond acceptors (Lipinski definition) is 4. The van der Waals surface area contributed by atoms with Gasteiger partial charge < -0.3 is 4.90 Å². The summed E-state index contributed by atoms with van der Waals surface area (Å²) in [5.41, 5.74) is 6.29. The molecule has 0 spiro atoms. The van der Waals surface area contributed by atoms with Crippen molar-refractivity contribution in [2.24, 2.45) is 0 Å². The number of nitrogens with zero attached hydrogens (tertiary/aromatic N) is 1. The third-order valence-electron chi connectivity index (χ3n) is 2.58. The molecule has 0 aliphatic rings. The van der Waals surface area contributed by atoms with Crippen molar-refractivity contribution in [1.29, 1.82) is 0 Å². The van der Waals surface area contributed by atoms with Gasteiger partial charge in [-0.25, -0.2) is 0 Å². The smallest absolute Gasteiger partial charge is 0.269 e. The fourth-order valence-electron chi connectivity index (χ4n) is 1.44. The molecule has 1 aromatic rings. The Bertz CT molecular complexity index is 510. The predicted octanol–water partition coefficient (Wildman–Crippen LogP) is 2.05. The standard InChI is InChI=1S/C15H23N3O2S/c1-15(2,3)21-10-13(19)16-17-14(20)11-7-6-8-12(9-11)18(4)5/h6-9H,10H2,1-5H3,(H,16,19)(H,17,20). The monoisotopic (exact) mass is 309 g/mol. The van der Waals surface area contributed by atoms with E-state index in [-0.39, 0.29) is 16.6 Å². The van der Waals surface area contributed by atoms with E-state index in [0.29, 0.717) is 11.3 Å².